The molecular formula is C27H58O2Si. The van der Waals surface area contributed by atoms with E-state index in [0.29, 0.717) is 0 Å². The van der Waals surface area contributed by atoms with Crippen molar-refractivity contribution >= 4 is 8.56 Å². The van der Waals surface area contributed by atoms with E-state index < -0.39 is 8.56 Å². The van der Waals surface area contributed by atoms with Gasteiger partial charge in [-0.15, -0.1) is 0 Å². The Hall–Kier alpha value is 0.137. The normalized spacial score (nSPS) is 12.0. The maximum Gasteiger partial charge on any atom is 0.338 e. The Morgan fingerprint density at radius 2 is 0.633 bits per heavy atom. The van der Waals surface area contributed by atoms with Gasteiger partial charge in [0.15, 0.2) is 0 Å². The lowest BCUT2D eigenvalue weighted by Gasteiger charge is -2.30. The van der Waals surface area contributed by atoms with Crippen molar-refractivity contribution in [2.24, 2.45) is 0 Å². The number of hydrogen-bond donors (Lipinski definition) is 0. The van der Waals surface area contributed by atoms with Crippen LogP contribution in [-0.2, 0) is 8.85 Å². The van der Waals surface area contributed by atoms with Crippen LogP contribution in [-0.4, -0.2) is 21.8 Å². The third-order valence-corrected chi connectivity index (χ3v) is 10.2. The van der Waals surface area contributed by atoms with E-state index in [2.05, 4.69) is 27.7 Å². The highest BCUT2D eigenvalue weighted by molar-refractivity contribution is 6.67. The molecule has 0 rings (SSSR count). The zero-order valence-corrected chi connectivity index (χ0v) is 22.6. The fraction of sp³-hybridized carbons (Fsp3) is 1.00. The molecule has 0 unspecified atom stereocenters. The quantitative estimate of drug-likeness (QED) is 0.103. The van der Waals surface area contributed by atoms with Gasteiger partial charge in [0.25, 0.3) is 0 Å². The number of unbranched alkanes of at least 4 members (excludes halogenated alkanes) is 17. The third kappa shape index (κ3) is 18.9. The summed E-state index contributed by atoms with van der Waals surface area (Å²) < 4.78 is 12.5. The van der Waals surface area contributed by atoms with E-state index >= 15 is 0 Å². The molecule has 0 atom stereocenters. The molecule has 2 nitrogen and oxygen atoms in total. The third-order valence-electron chi connectivity index (χ3n) is 6.39. The van der Waals surface area contributed by atoms with Gasteiger partial charge in [0.05, 0.1) is 0 Å². The lowest BCUT2D eigenvalue weighted by Crippen LogP contribution is -2.42. The van der Waals surface area contributed by atoms with E-state index in [1.807, 2.05) is 0 Å². The first-order valence-electron chi connectivity index (χ1n) is 14.0. The second kappa shape index (κ2) is 23.8. The highest BCUT2D eigenvalue weighted by atomic mass is 28.4. The SMILES string of the molecule is CCCCCCCCCCCCCCCCCC[Si](CCCCC)(OCC)OCC. The van der Waals surface area contributed by atoms with Gasteiger partial charge < -0.3 is 8.85 Å². The summed E-state index contributed by atoms with van der Waals surface area (Å²) in [6.45, 7) is 10.5. The van der Waals surface area contributed by atoms with Crippen molar-refractivity contribution in [3.8, 4) is 0 Å². The lowest BCUT2D eigenvalue weighted by molar-refractivity contribution is 0.180. The van der Waals surface area contributed by atoms with Crippen LogP contribution in [0, 0.1) is 0 Å². The topological polar surface area (TPSA) is 18.5 Å². The van der Waals surface area contributed by atoms with Crippen molar-refractivity contribution in [2.75, 3.05) is 13.2 Å². The van der Waals surface area contributed by atoms with Crippen LogP contribution in [0.3, 0.4) is 0 Å². The fourth-order valence-electron chi connectivity index (χ4n) is 4.57. The fourth-order valence-corrected chi connectivity index (χ4v) is 8.11. The molecule has 0 aliphatic rings. The Kier molecular flexibility index (Phi) is 23.9. The van der Waals surface area contributed by atoms with Gasteiger partial charge in [0.2, 0.25) is 0 Å². The molecule has 0 aliphatic heterocycles. The van der Waals surface area contributed by atoms with Gasteiger partial charge in [-0.25, -0.2) is 0 Å². The van der Waals surface area contributed by atoms with Gasteiger partial charge in [0.1, 0.15) is 0 Å². The van der Waals surface area contributed by atoms with Crippen LogP contribution in [0.25, 0.3) is 0 Å². The van der Waals surface area contributed by atoms with E-state index in [1.165, 1.54) is 134 Å². The second-order valence-corrected chi connectivity index (χ2v) is 12.7. The first kappa shape index (κ1) is 30.1. The van der Waals surface area contributed by atoms with Crippen LogP contribution in [0.5, 0.6) is 0 Å². The molecule has 0 radical (unpaired) electrons. The van der Waals surface area contributed by atoms with Crippen molar-refractivity contribution in [3.63, 3.8) is 0 Å². The first-order valence-corrected chi connectivity index (χ1v) is 16.3. The van der Waals surface area contributed by atoms with Gasteiger partial charge in [-0.3, -0.25) is 0 Å². The van der Waals surface area contributed by atoms with E-state index in [-0.39, 0.29) is 0 Å². The van der Waals surface area contributed by atoms with Crippen molar-refractivity contribution in [1.29, 1.82) is 0 Å². The average molecular weight is 443 g/mol. The largest absolute Gasteiger partial charge is 0.394 e. The Morgan fingerprint density at radius 3 is 0.967 bits per heavy atom. The minimum Gasteiger partial charge on any atom is -0.394 e. The molecule has 0 heterocycles. The molecule has 0 saturated heterocycles. The summed E-state index contributed by atoms with van der Waals surface area (Å²) in [5.41, 5.74) is 0. The molecule has 0 saturated carbocycles. The van der Waals surface area contributed by atoms with Gasteiger partial charge >= 0.3 is 8.56 Å². The summed E-state index contributed by atoms with van der Waals surface area (Å²) >= 11 is 0. The molecule has 0 aromatic carbocycles. The summed E-state index contributed by atoms with van der Waals surface area (Å²) in [5.74, 6) is 0. The molecule has 0 spiro atoms. The number of rotatable bonds is 25. The van der Waals surface area contributed by atoms with Gasteiger partial charge in [-0.05, 0) is 25.9 Å². The van der Waals surface area contributed by atoms with E-state index in [9.17, 15) is 0 Å². The molecule has 182 valence electrons. The summed E-state index contributed by atoms with van der Waals surface area (Å²) in [5, 5.41) is 0. The predicted molar refractivity (Wildman–Crippen MR) is 138 cm³/mol. The monoisotopic (exact) mass is 442 g/mol. The van der Waals surface area contributed by atoms with Gasteiger partial charge in [0, 0.05) is 13.2 Å². The first-order chi connectivity index (χ1) is 14.7. The average Bonchev–Trinajstić information content (AvgIpc) is 2.74. The Morgan fingerprint density at radius 1 is 0.367 bits per heavy atom. The standard InChI is InChI=1S/C27H58O2Si/c1-5-9-11-12-13-14-15-16-17-18-19-20-21-22-23-25-27-30(28-7-3,29-8-4)26-24-10-6-2/h5-27H2,1-4H3. The molecular weight excluding hydrogens is 384 g/mol. The Labute approximate surface area is 192 Å². The molecule has 3 heteroatoms. The zero-order chi connectivity index (χ0) is 22.2. The lowest BCUT2D eigenvalue weighted by atomic mass is 10.0. The van der Waals surface area contributed by atoms with Crippen molar-refractivity contribution in [1.82, 2.24) is 0 Å². The predicted octanol–water partition coefficient (Wildman–Crippen LogP) is 9.95. The van der Waals surface area contributed by atoms with Gasteiger partial charge in [-0.1, -0.05) is 136 Å². The summed E-state index contributed by atoms with van der Waals surface area (Å²) in [6, 6.07) is 2.40. The smallest absolute Gasteiger partial charge is 0.338 e. The van der Waals surface area contributed by atoms with Crippen LogP contribution in [0.15, 0.2) is 0 Å². The van der Waals surface area contributed by atoms with Crippen molar-refractivity contribution < 1.29 is 8.85 Å². The molecule has 0 aromatic rings. The highest BCUT2D eigenvalue weighted by Gasteiger charge is 2.35. The van der Waals surface area contributed by atoms with Crippen LogP contribution in [0.4, 0.5) is 0 Å². The van der Waals surface area contributed by atoms with Crippen molar-refractivity contribution in [3.05, 3.63) is 0 Å². The summed E-state index contributed by atoms with van der Waals surface area (Å²) in [7, 11) is -1.94. The molecule has 0 fully saturated rings. The molecule has 0 aliphatic carbocycles. The zero-order valence-electron chi connectivity index (χ0n) is 21.6. The van der Waals surface area contributed by atoms with Crippen LogP contribution >= 0.6 is 0 Å². The minimum atomic E-state index is -1.94. The molecule has 0 N–H and O–H groups in total. The molecule has 0 aromatic heterocycles. The maximum atomic E-state index is 6.26. The molecule has 0 bridgehead atoms. The maximum absolute atomic E-state index is 6.26. The minimum absolute atomic E-state index is 0.817. The van der Waals surface area contributed by atoms with Crippen LogP contribution in [0.1, 0.15) is 150 Å². The Balaban J connectivity index is 3.60. The Bertz CT molecular complexity index is 316. The van der Waals surface area contributed by atoms with E-state index in [0.717, 1.165) is 13.2 Å². The number of hydrogen-bond acceptors (Lipinski definition) is 2. The van der Waals surface area contributed by atoms with E-state index in [1.54, 1.807) is 0 Å². The van der Waals surface area contributed by atoms with Crippen LogP contribution < -0.4 is 0 Å². The second-order valence-electron chi connectivity index (χ2n) is 9.29. The highest BCUT2D eigenvalue weighted by Crippen LogP contribution is 2.26. The summed E-state index contributed by atoms with van der Waals surface area (Å²) in [6.07, 6.45) is 26.7. The van der Waals surface area contributed by atoms with E-state index in [4.69, 9.17) is 8.85 Å². The van der Waals surface area contributed by atoms with Crippen LogP contribution in [0.2, 0.25) is 12.1 Å². The molecule has 0 amide bonds. The van der Waals surface area contributed by atoms with Crippen molar-refractivity contribution in [2.45, 2.75) is 162 Å². The summed E-state index contributed by atoms with van der Waals surface area (Å²) in [4.78, 5) is 0. The van der Waals surface area contributed by atoms with Gasteiger partial charge in [-0.2, -0.15) is 0 Å². The molecule has 30 heavy (non-hydrogen) atoms.